The Hall–Kier alpha value is -1.10. The van der Waals surface area contributed by atoms with Crippen molar-refractivity contribution in [3.05, 3.63) is 29.6 Å². The number of hydrogen-bond acceptors (Lipinski definition) is 2. The molecule has 1 aromatic heterocycles. The highest BCUT2D eigenvalue weighted by atomic mass is 19.4. The lowest BCUT2D eigenvalue weighted by molar-refractivity contribution is -0.137. The average Bonchev–Trinajstić information content (AvgIpc) is 2.03. The topological polar surface area (TPSA) is 38.9 Å². The summed E-state index contributed by atoms with van der Waals surface area (Å²) in [5.41, 5.74) is 5.04. The van der Waals surface area contributed by atoms with Gasteiger partial charge in [-0.1, -0.05) is 0 Å². The molecule has 1 rings (SSSR count). The zero-order valence-electron chi connectivity index (χ0n) is 6.97. The zero-order chi connectivity index (χ0) is 10.1. The number of nitrogens with zero attached hydrogens (tertiary/aromatic N) is 1. The summed E-state index contributed by atoms with van der Waals surface area (Å²) in [6, 6.07) is 0.576. The Kier molecular flexibility index (Phi) is 2.56. The van der Waals surface area contributed by atoms with Crippen molar-refractivity contribution in [1.29, 1.82) is 0 Å². The molecule has 2 nitrogen and oxygen atoms in total. The van der Waals surface area contributed by atoms with Gasteiger partial charge in [0.15, 0.2) is 0 Å². The minimum absolute atomic E-state index is 0.384. The number of aromatic nitrogens is 1. The maximum Gasteiger partial charge on any atom is 0.417 e. The first-order chi connectivity index (χ1) is 5.91. The predicted molar refractivity (Wildman–Crippen MR) is 41.8 cm³/mol. The molecule has 2 N–H and O–H groups in total. The van der Waals surface area contributed by atoms with Crippen LogP contribution in [0.2, 0.25) is 0 Å². The Morgan fingerprint density at radius 3 is 2.46 bits per heavy atom. The maximum absolute atomic E-state index is 12.2. The van der Waals surface area contributed by atoms with Crippen LogP contribution in [0.15, 0.2) is 18.5 Å². The third-order valence-corrected chi connectivity index (χ3v) is 1.61. The lowest BCUT2D eigenvalue weighted by atomic mass is 10.1. The van der Waals surface area contributed by atoms with Gasteiger partial charge in [0.25, 0.3) is 0 Å². The molecule has 5 heteroatoms. The average molecular weight is 190 g/mol. The maximum atomic E-state index is 12.2. The summed E-state index contributed by atoms with van der Waals surface area (Å²) in [5, 5.41) is 0. The smallest absolute Gasteiger partial charge is 0.324 e. The van der Waals surface area contributed by atoms with Crippen molar-refractivity contribution in [2.75, 3.05) is 0 Å². The van der Waals surface area contributed by atoms with Crippen molar-refractivity contribution in [3.8, 4) is 0 Å². The van der Waals surface area contributed by atoms with E-state index in [0.29, 0.717) is 5.56 Å². The molecule has 0 aliphatic heterocycles. The SMILES string of the molecule is CC(N)c1cncc(C(F)(F)F)c1. The number of alkyl halides is 3. The second-order valence-electron chi connectivity index (χ2n) is 2.79. The van der Waals surface area contributed by atoms with Crippen LogP contribution in [0.5, 0.6) is 0 Å². The molecule has 0 saturated heterocycles. The summed E-state index contributed by atoms with van der Waals surface area (Å²) in [6.45, 7) is 1.61. The molecule has 1 unspecified atom stereocenters. The molecule has 0 radical (unpaired) electrons. The van der Waals surface area contributed by atoms with Crippen molar-refractivity contribution in [2.24, 2.45) is 5.73 Å². The summed E-state index contributed by atoms with van der Waals surface area (Å²) in [5.74, 6) is 0. The fourth-order valence-electron chi connectivity index (χ4n) is 0.862. The van der Waals surface area contributed by atoms with E-state index in [9.17, 15) is 13.2 Å². The molecule has 0 amide bonds. The molecule has 13 heavy (non-hydrogen) atoms. The molecular weight excluding hydrogens is 181 g/mol. The molecule has 0 aliphatic rings. The van der Waals surface area contributed by atoms with Crippen molar-refractivity contribution in [2.45, 2.75) is 19.1 Å². The van der Waals surface area contributed by atoms with Crippen molar-refractivity contribution < 1.29 is 13.2 Å². The molecule has 0 bridgehead atoms. The molecule has 0 aromatic carbocycles. The monoisotopic (exact) mass is 190 g/mol. The summed E-state index contributed by atoms with van der Waals surface area (Å²) in [6.07, 6.45) is -2.23. The number of pyridine rings is 1. The van der Waals surface area contributed by atoms with Gasteiger partial charge in [-0.15, -0.1) is 0 Å². The van der Waals surface area contributed by atoms with Gasteiger partial charge in [-0.05, 0) is 18.6 Å². The Labute approximate surface area is 73.6 Å². The molecule has 0 fully saturated rings. The summed E-state index contributed by atoms with van der Waals surface area (Å²) >= 11 is 0. The quantitative estimate of drug-likeness (QED) is 0.736. The number of hydrogen-bond donors (Lipinski definition) is 1. The van der Waals surface area contributed by atoms with E-state index in [1.807, 2.05) is 0 Å². The van der Waals surface area contributed by atoms with Crippen LogP contribution in [0, 0.1) is 0 Å². The molecule has 1 aromatic rings. The largest absolute Gasteiger partial charge is 0.417 e. The highest BCUT2D eigenvalue weighted by molar-refractivity contribution is 5.22. The second kappa shape index (κ2) is 3.33. The lowest BCUT2D eigenvalue weighted by Gasteiger charge is -2.09. The van der Waals surface area contributed by atoms with E-state index in [4.69, 9.17) is 5.73 Å². The van der Waals surface area contributed by atoms with Gasteiger partial charge in [-0.2, -0.15) is 13.2 Å². The minimum atomic E-state index is -4.35. The molecule has 0 saturated carbocycles. The Morgan fingerprint density at radius 2 is 2.00 bits per heavy atom. The highest BCUT2D eigenvalue weighted by Crippen LogP contribution is 2.29. The van der Waals surface area contributed by atoms with Crippen molar-refractivity contribution in [1.82, 2.24) is 4.98 Å². The standard InChI is InChI=1S/C8H9F3N2/c1-5(12)6-2-7(4-13-3-6)8(9,10)11/h2-5H,12H2,1H3. The second-order valence-corrected chi connectivity index (χ2v) is 2.79. The minimum Gasteiger partial charge on any atom is -0.324 e. The number of halogens is 3. The summed E-state index contributed by atoms with van der Waals surface area (Å²) in [7, 11) is 0. The third-order valence-electron chi connectivity index (χ3n) is 1.61. The molecular formula is C8H9F3N2. The molecule has 1 heterocycles. The van der Waals surface area contributed by atoms with Crippen LogP contribution in [0.25, 0.3) is 0 Å². The van der Waals surface area contributed by atoms with Crippen LogP contribution in [0.1, 0.15) is 24.1 Å². The number of nitrogens with two attached hydrogens (primary N) is 1. The lowest BCUT2D eigenvalue weighted by Crippen LogP contribution is -2.10. The van der Waals surface area contributed by atoms with Gasteiger partial charge in [0, 0.05) is 18.4 Å². The van der Waals surface area contributed by atoms with Gasteiger partial charge in [-0.3, -0.25) is 4.98 Å². The van der Waals surface area contributed by atoms with Crippen LogP contribution >= 0.6 is 0 Å². The first-order valence-electron chi connectivity index (χ1n) is 3.69. The van der Waals surface area contributed by atoms with Gasteiger partial charge in [0.2, 0.25) is 0 Å². The normalized spacial score (nSPS) is 14.2. The molecule has 72 valence electrons. The molecule has 0 aliphatic carbocycles. The van der Waals surface area contributed by atoms with Crippen LogP contribution in [0.3, 0.4) is 0 Å². The summed E-state index contributed by atoms with van der Waals surface area (Å²) < 4.78 is 36.5. The Balaban J connectivity index is 3.06. The van der Waals surface area contributed by atoms with Crippen LogP contribution < -0.4 is 5.73 Å². The summed E-state index contributed by atoms with van der Waals surface area (Å²) in [4.78, 5) is 3.47. The van der Waals surface area contributed by atoms with Gasteiger partial charge < -0.3 is 5.73 Å². The van der Waals surface area contributed by atoms with E-state index in [0.717, 1.165) is 12.3 Å². The van der Waals surface area contributed by atoms with Gasteiger partial charge in [-0.25, -0.2) is 0 Å². The van der Waals surface area contributed by atoms with Crippen LogP contribution in [-0.4, -0.2) is 4.98 Å². The van der Waals surface area contributed by atoms with Crippen molar-refractivity contribution >= 4 is 0 Å². The van der Waals surface area contributed by atoms with Crippen LogP contribution in [0.4, 0.5) is 13.2 Å². The fourth-order valence-corrected chi connectivity index (χ4v) is 0.862. The Morgan fingerprint density at radius 1 is 1.38 bits per heavy atom. The first-order valence-corrected chi connectivity index (χ1v) is 3.69. The van der Waals surface area contributed by atoms with Gasteiger partial charge in [0.05, 0.1) is 5.56 Å². The fraction of sp³-hybridized carbons (Fsp3) is 0.375. The van der Waals surface area contributed by atoms with Gasteiger partial charge in [0.1, 0.15) is 0 Å². The first kappa shape index (κ1) is 9.98. The number of rotatable bonds is 1. The highest BCUT2D eigenvalue weighted by Gasteiger charge is 2.31. The van der Waals surface area contributed by atoms with E-state index in [-0.39, 0.29) is 0 Å². The van der Waals surface area contributed by atoms with Crippen molar-refractivity contribution in [3.63, 3.8) is 0 Å². The Bertz CT molecular complexity index is 294. The van der Waals surface area contributed by atoms with Gasteiger partial charge >= 0.3 is 6.18 Å². The molecule has 0 spiro atoms. The van der Waals surface area contributed by atoms with E-state index >= 15 is 0 Å². The van der Waals surface area contributed by atoms with E-state index in [2.05, 4.69) is 4.98 Å². The van der Waals surface area contributed by atoms with E-state index < -0.39 is 17.8 Å². The zero-order valence-corrected chi connectivity index (χ0v) is 6.97. The molecule has 1 atom stereocenters. The predicted octanol–water partition coefficient (Wildman–Crippen LogP) is 2.12. The van der Waals surface area contributed by atoms with E-state index in [1.54, 1.807) is 6.92 Å². The van der Waals surface area contributed by atoms with E-state index in [1.165, 1.54) is 6.20 Å². The van der Waals surface area contributed by atoms with Crippen LogP contribution in [-0.2, 0) is 6.18 Å². The third kappa shape index (κ3) is 2.42.